The van der Waals surface area contributed by atoms with E-state index in [1.165, 1.54) is 5.56 Å². The minimum Gasteiger partial charge on any atom is -0.469 e. The van der Waals surface area contributed by atoms with E-state index in [1.807, 2.05) is 25.3 Å². The van der Waals surface area contributed by atoms with Crippen LogP contribution in [-0.4, -0.2) is 11.5 Å². The molecule has 0 aliphatic heterocycles. The lowest BCUT2D eigenvalue weighted by Crippen LogP contribution is -2.17. The molecule has 0 amide bonds. The Labute approximate surface area is 95.5 Å². The first kappa shape index (κ1) is 10.9. The molecule has 2 aromatic heterocycles. The Morgan fingerprint density at radius 2 is 2.25 bits per heavy atom. The van der Waals surface area contributed by atoms with Crippen LogP contribution in [0.15, 0.2) is 41.1 Å². The molecule has 0 bridgehead atoms. The van der Waals surface area contributed by atoms with E-state index >= 15 is 0 Å². The van der Waals surface area contributed by atoms with Crippen LogP contribution >= 0.6 is 0 Å². The Hall–Kier alpha value is -1.61. The average Bonchev–Trinajstić information content (AvgIpc) is 2.80. The van der Waals surface area contributed by atoms with Crippen LogP contribution < -0.4 is 5.32 Å². The molecule has 0 aliphatic carbocycles. The van der Waals surface area contributed by atoms with Crippen molar-refractivity contribution in [2.75, 3.05) is 6.54 Å². The molecule has 84 valence electrons. The zero-order chi connectivity index (χ0) is 11.2. The van der Waals surface area contributed by atoms with E-state index in [0.29, 0.717) is 0 Å². The molecule has 0 spiro atoms. The van der Waals surface area contributed by atoms with Crippen molar-refractivity contribution in [3.8, 4) is 0 Å². The van der Waals surface area contributed by atoms with E-state index in [1.54, 1.807) is 6.26 Å². The van der Waals surface area contributed by atoms with Gasteiger partial charge >= 0.3 is 0 Å². The molecular weight excluding hydrogens is 200 g/mol. The fourth-order valence-corrected chi connectivity index (χ4v) is 1.49. The maximum atomic E-state index is 5.25. The van der Waals surface area contributed by atoms with Crippen LogP contribution in [0.25, 0.3) is 0 Å². The Bertz CT molecular complexity index is 406. The molecule has 0 fully saturated rings. The van der Waals surface area contributed by atoms with Gasteiger partial charge in [-0.3, -0.25) is 4.98 Å². The Morgan fingerprint density at radius 3 is 2.94 bits per heavy atom. The lowest BCUT2D eigenvalue weighted by Gasteiger charge is -2.03. The molecule has 0 saturated carbocycles. The van der Waals surface area contributed by atoms with Gasteiger partial charge in [-0.2, -0.15) is 0 Å². The molecule has 0 aliphatic rings. The highest BCUT2D eigenvalue weighted by Gasteiger charge is 1.96. The third-order valence-electron chi connectivity index (χ3n) is 2.41. The number of hydrogen-bond donors (Lipinski definition) is 1. The highest BCUT2D eigenvalue weighted by atomic mass is 16.3. The van der Waals surface area contributed by atoms with Crippen molar-refractivity contribution < 1.29 is 4.42 Å². The predicted octanol–water partition coefficient (Wildman–Crippen LogP) is 2.32. The molecule has 2 aromatic rings. The van der Waals surface area contributed by atoms with Gasteiger partial charge in [0.05, 0.1) is 12.0 Å². The van der Waals surface area contributed by atoms with Gasteiger partial charge in [0.1, 0.15) is 5.76 Å². The second-order valence-corrected chi connectivity index (χ2v) is 3.83. The summed E-state index contributed by atoms with van der Waals surface area (Å²) in [5.74, 6) is 1.02. The van der Waals surface area contributed by atoms with E-state index in [2.05, 4.69) is 22.4 Å². The normalized spacial score (nSPS) is 10.6. The maximum Gasteiger partial charge on any atom is 0.105 e. The molecule has 0 aromatic carbocycles. The lowest BCUT2D eigenvalue weighted by atomic mass is 10.2. The Balaban J connectivity index is 1.70. The fourth-order valence-electron chi connectivity index (χ4n) is 1.49. The van der Waals surface area contributed by atoms with E-state index in [4.69, 9.17) is 4.42 Å². The van der Waals surface area contributed by atoms with Crippen LogP contribution in [0.1, 0.15) is 17.0 Å². The monoisotopic (exact) mass is 216 g/mol. The van der Waals surface area contributed by atoms with Crippen molar-refractivity contribution in [1.82, 2.24) is 10.3 Å². The first-order chi connectivity index (χ1) is 7.84. The summed E-state index contributed by atoms with van der Waals surface area (Å²) in [6, 6.07) is 8.04. The zero-order valence-corrected chi connectivity index (χ0v) is 9.44. The van der Waals surface area contributed by atoms with Gasteiger partial charge < -0.3 is 9.73 Å². The number of pyridine rings is 1. The number of hydrogen-bond acceptors (Lipinski definition) is 3. The van der Waals surface area contributed by atoms with Gasteiger partial charge in [0.25, 0.3) is 0 Å². The number of nitrogens with one attached hydrogen (secondary N) is 1. The molecule has 16 heavy (non-hydrogen) atoms. The van der Waals surface area contributed by atoms with E-state index in [9.17, 15) is 0 Å². The van der Waals surface area contributed by atoms with Crippen molar-refractivity contribution in [1.29, 1.82) is 0 Å². The van der Waals surface area contributed by atoms with Crippen molar-refractivity contribution >= 4 is 0 Å². The van der Waals surface area contributed by atoms with Gasteiger partial charge in [-0.25, -0.2) is 0 Å². The van der Waals surface area contributed by atoms with Crippen LogP contribution in [0.5, 0.6) is 0 Å². The van der Waals surface area contributed by atoms with Crippen molar-refractivity contribution in [2.24, 2.45) is 0 Å². The van der Waals surface area contributed by atoms with Gasteiger partial charge in [0, 0.05) is 25.7 Å². The van der Waals surface area contributed by atoms with Gasteiger partial charge in [-0.15, -0.1) is 0 Å². The van der Waals surface area contributed by atoms with Gasteiger partial charge in [0.2, 0.25) is 0 Å². The highest BCUT2D eigenvalue weighted by molar-refractivity contribution is 5.11. The third-order valence-corrected chi connectivity index (χ3v) is 2.41. The minimum absolute atomic E-state index is 0.807. The molecule has 0 atom stereocenters. The van der Waals surface area contributed by atoms with Crippen LogP contribution in [-0.2, 0) is 13.0 Å². The first-order valence-electron chi connectivity index (χ1n) is 5.49. The molecule has 0 saturated heterocycles. The highest BCUT2D eigenvalue weighted by Crippen LogP contribution is 2.00. The number of furan rings is 1. The van der Waals surface area contributed by atoms with Crippen LogP contribution in [0.4, 0.5) is 0 Å². The van der Waals surface area contributed by atoms with Crippen molar-refractivity contribution in [3.05, 3.63) is 53.7 Å². The van der Waals surface area contributed by atoms with Gasteiger partial charge in [-0.1, -0.05) is 6.07 Å². The Kier molecular flexibility index (Phi) is 3.72. The predicted molar refractivity (Wildman–Crippen MR) is 63.1 cm³/mol. The zero-order valence-electron chi connectivity index (χ0n) is 9.44. The summed E-state index contributed by atoms with van der Waals surface area (Å²) in [5, 5.41) is 3.34. The second-order valence-electron chi connectivity index (χ2n) is 3.83. The molecule has 2 heterocycles. The Morgan fingerprint density at radius 1 is 1.31 bits per heavy atom. The maximum absolute atomic E-state index is 5.25. The summed E-state index contributed by atoms with van der Waals surface area (Å²) >= 11 is 0. The third kappa shape index (κ3) is 3.21. The second kappa shape index (κ2) is 5.47. The molecular formula is C13H16N2O. The largest absolute Gasteiger partial charge is 0.469 e. The van der Waals surface area contributed by atoms with Gasteiger partial charge in [-0.05, 0) is 30.7 Å². The lowest BCUT2D eigenvalue weighted by molar-refractivity contribution is 0.498. The summed E-state index contributed by atoms with van der Waals surface area (Å²) in [6.45, 7) is 3.76. The van der Waals surface area contributed by atoms with Crippen LogP contribution in [0.2, 0.25) is 0 Å². The van der Waals surface area contributed by atoms with E-state index in [0.717, 1.165) is 31.0 Å². The average molecular weight is 216 g/mol. The number of aromatic nitrogens is 1. The van der Waals surface area contributed by atoms with Gasteiger partial charge in [0.15, 0.2) is 0 Å². The number of aryl methyl sites for hydroxylation is 1. The molecule has 2 rings (SSSR count). The first-order valence-corrected chi connectivity index (χ1v) is 5.49. The molecule has 0 radical (unpaired) electrons. The molecule has 0 unspecified atom stereocenters. The van der Waals surface area contributed by atoms with Crippen molar-refractivity contribution in [2.45, 2.75) is 19.9 Å². The smallest absolute Gasteiger partial charge is 0.105 e. The van der Waals surface area contributed by atoms with E-state index < -0.39 is 0 Å². The van der Waals surface area contributed by atoms with Crippen molar-refractivity contribution in [3.63, 3.8) is 0 Å². The molecule has 3 nitrogen and oxygen atoms in total. The fraction of sp³-hybridized carbons (Fsp3) is 0.308. The van der Waals surface area contributed by atoms with E-state index in [-0.39, 0.29) is 0 Å². The quantitative estimate of drug-likeness (QED) is 0.779. The standard InChI is InChI=1S/C13H16N2O/c1-11-4-5-12(15-9-11)10-14-7-6-13-3-2-8-16-13/h2-5,8-9,14H,6-7,10H2,1H3. The van der Waals surface area contributed by atoms with Crippen LogP contribution in [0, 0.1) is 6.92 Å². The molecule has 3 heteroatoms. The number of nitrogens with zero attached hydrogens (tertiary/aromatic N) is 1. The summed E-state index contributed by atoms with van der Waals surface area (Å²) in [7, 11) is 0. The SMILES string of the molecule is Cc1ccc(CNCCc2ccco2)nc1. The summed E-state index contributed by atoms with van der Waals surface area (Å²) in [6.07, 6.45) is 4.51. The number of rotatable bonds is 5. The summed E-state index contributed by atoms with van der Waals surface area (Å²) < 4.78 is 5.25. The summed E-state index contributed by atoms with van der Waals surface area (Å²) in [5.41, 5.74) is 2.27. The summed E-state index contributed by atoms with van der Waals surface area (Å²) in [4.78, 5) is 4.33. The van der Waals surface area contributed by atoms with Crippen LogP contribution in [0.3, 0.4) is 0 Å². The minimum atomic E-state index is 0.807. The topological polar surface area (TPSA) is 38.1 Å². The molecule has 1 N–H and O–H groups in total.